The molecule has 5 heteroatoms. The first-order valence-electron chi connectivity index (χ1n) is 21.0. The number of halogens is 2. The number of fused-ring (bicyclic) bond motifs is 6. The summed E-state index contributed by atoms with van der Waals surface area (Å²) in [7, 11) is 13.5. The molecule has 0 radical (unpaired) electrons. The van der Waals surface area contributed by atoms with Crippen molar-refractivity contribution in [2.75, 3.05) is 14.2 Å². The van der Waals surface area contributed by atoms with E-state index in [1.54, 1.807) is 14.2 Å². The van der Waals surface area contributed by atoms with Crippen LogP contribution < -0.4 is 9.47 Å². The molecule has 2 aliphatic rings. The van der Waals surface area contributed by atoms with Crippen molar-refractivity contribution in [1.29, 1.82) is 0 Å². The molecule has 0 heterocycles. The fraction of sp³-hybridized carbons (Fsp3) is 0.179. The monoisotopic (exact) mass is 912 g/mol. The van der Waals surface area contributed by atoms with Crippen LogP contribution in [-0.4, -0.2) is 14.2 Å². The van der Waals surface area contributed by atoms with E-state index in [4.69, 9.17) is 26.5 Å². The molecule has 0 spiro atoms. The van der Waals surface area contributed by atoms with Crippen LogP contribution in [-0.2, 0) is 20.8 Å². The first-order valence-corrected chi connectivity index (χ1v) is 27.4. The van der Waals surface area contributed by atoms with Crippen molar-refractivity contribution in [3.63, 3.8) is 0 Å². The summed E-state index contributed by atoms with van der Waals surface area (Å²) in [5, 5.41) is 9.57. The maximum absolute atomic E-state index is 6.09. The van der Waals surface area contributed by atoms with Gasteiger partial charge in [-0.3, -0.25) is 0 Å². The average Bonchev–Trinajstić information content (AvgIpc) is 3.60. The third-order valence-electron chi connectivity index (χ3n) is 13.4. The Morgan fingerprint density at radius 3 is 1.08 bits per heavy atom. The number of hydrogen-bond acceptors (Lipinski definition) is 2. The molecular weight excluding hydrogens is 867 g/mol. The zero-order valence-electron chi connectivity index (χ0n) is 35.4. The Morgan fingerprint density at radius 2 is 0.787 bits per heavy atom. The topological polar surface area (TPSA) is 18.5 Å². The quantitative estimate of drug-likeness (QED) is 0.117. The molecule has 0 N–H and O–H groups in total. The number of allylic oxidation sites excluding steroid dienone is 6. The van der Waals surface area contributed by atoms with Gasteiger partial charge in [0.05, 0.1) is 14.2 Å². The van der Waals surface area contributed by atoms with Crippen LogP contribution in [0.3, 0.4) is 0 Å². The van der Waals surface area contributed by atoms with Gasteiger partial charge in [-0.2, -0.15) is 23.3 Å². The fourth-order valence-electron chi connectivity index (χ4n) is 10.8. The Morgan fingerprint density at radius 1 is 0.492 bits per heavy atom. The van der Waals surface area contributed by atoms with E-state index >= 15 is 0 Å². The minimum absolute atomic E-state index is 0.0847. The average molecular weight is 915 g/mol. The molecule has 0 aromatic heterocycles. The molecular formula is C56H48Cl2O2Zr. The first kappa shape index (κ1) is 41.4. The molecule has 0 amide bonds. The van der Waals surface area contributed by atoms with E-state index in [0.717, 1.165) is 33.0 Å². The van der Waals surface area contributed by atoms with Gasteiger partial charge in [0.2, 0.25) is 0 Å². The molecule has 302 valence electrons. The molecule has 8 aromatic carbocycles. The van der Waals surface area contributed by atoms with Gasteiger partial charge < -0.3 is 9.47 Å². The van der Waals surface area contributed by atoms with Gasteiger partial charge in [-0.15, -0.1) is 57.7 Å². The molecule has 8 aromatic rings. The number of rotatable bonds is 7. The van der Waals surface area contributed by atoms with Crippen LogP contribution in [0.1, 0.15) is 93.2 Å². The molecule has 61 heavy (non-hydrogen) atoms. The molecule has 0 bridgehead atoms. The van der Waals surface area contributed by atoms with Crippen LogP contribution >= 0.6 is 17.0 Å². The van der Waals surface area contributed by atoms with E-state index in [1.165, 1.54) is 77.2 Å². The summed E-state index contributed by atoms with van der Waals surface area (Å²) >= 11 is -0.826. The van der Waals surface area contributed by atoms with E-state index in [1.807, 2.05) is 0 Å². The van der Waals surface area contributed by atoms with Crippen molar-refractivity contribution >= 4 is 72.3 Å². The van der Waals surface area contributed by atoms with Crippen LogP contribution in [0.15, 0.2) is 146 Å². The number of benzene rings is 6. The molecule has 2 nitrogen and oxygen atoms in total. The SMILES string of the molecule is COc1c2ccccc2c(C2C=CC=Cc3c2cc(C)[c-]3C(C)C(C)[c-]2c(C)cc3c2C=CC=CC3c2c3ccccc3c(OC)c3ccccc23)c2ccccc12.[Cl][Zr+2][Cl]. The fourth-order valence-corrected chi connectivity index (χ4v) is 10.8. The summed E-state index contributed by atoms with van der Waals surface area (Å²) in [6.45, 7) is 9.55. The van der Waals surface area contributed by atoms with Crippen LogP contribution in [0, 0.1) is 13.8 Å². The Kier molecular flexibility index (Phi) is 11.9. The van der Waals surface area contributed by atoms with Crippen LogP contribution in [0.25, 0.3) is 55.2 Å². The zero-order chi connectivity index (χ0) is 42.4. The van der Waals surface area contributed by atoms with Gasteiger partial charge in [0, 0.05) is 21.5 Å². The second-order valence-electron chi connectivity index (χ2n) is 16.4. The van der Waals surface area contributed by atoms with Gasteiger partial charge >= 0.3 is 37.9 Å². The van der Waals surface area contributed by atoms with E-state index in [2.05, 4.69) is 185 Å². The third-order valence-corrected chi connectivity index (χ3v) is 13.4. The normalized spacial score (nSPS) is 16.4. The Labute approximate surface area is 378 Å². The molecule has 0 aliphatic heterocycles. The van der Waals surface area contributed by atoms with Gasteiger partial charge in [0.15, 0.2) is 0 Å². The van der Waals surface area contributed by atoms with Gasteiger partial charge in [-0.1, -0.05) is 161 Å². The molecule has 0 fully saturated rings. The van der Waals surface area contributed by atoms with E-state index in [-0.39, 0.29) is 23.7 Å². The van der Waals surface area contributed by atoms with Crippen molar-refractivity contribution in [3.8, 4) is 11.5 Å². The van der Waals surface area contributed by atoms with Crippen molar-refractivity contribution in [2.45, 2.75) is 51.4 Å². The number of hydrogen-bond donors (Lipinski definition) is 0. The minimum atomic E-state index is -0.826. The Hall–Kier alpha value is -4.92. The first-order chi connectivity index (χ1) is 29.8. The van der Waals surface area contributed by atoms with Crippen LogP contribution in [0.4, 0.5) is 0 Å². The standard InChI is InChI=1S/C56H48O2.2ClH.Zr/c1-33-31-49-41(23-7-9-25-43(49)53-37-19-11-15-27-45(37)55(57-5)46-28-16-12-20-38(46)53)51(33)35(3)36(4)52-34(2)32-50-42(52)24-8-10-26-44(50)54-39-21-13-17-29-47(39)56(58-6)48-30-18-14-22-40(48)54;;;/h7-32,35-36,43-44H,1-6H3;2*1H;/q-2;;;+4/p-2. The molecule has 0 saturated heterocycles. The zero-order valence-corrected chi connectivity index (χ0v) is 39.4. The summed E-state index contributed by atoms with van der Waals surface area (Å²) in [4.78, 5) is 0. The predicted octanol–water partition coefficient (Wildman–Crippen LogP) is 16.1. The summed E-state index contributed by atoms with van der Waals surface area (Å²) < 4.78 is 12.2. The maximum atomic E-state index is 6.09. The van der Waals surface area contributed by atoms with Crippen molar-refractivity contribution in [3.05, 3.63) is 201 Å². The van der Waals surface area contributed by atoms with Crippen molar-refractivity contribution in [1.82, 2.24) is 0 Å². The second kappa shape index (κ2) is 17.5. The molecule has 2 aliphatic carbocycles. The number of methoxy groups -OCH3 is 2. The summed E-state index contributed by atoms with van der Waals surface area (Å²) in [5.41, 5.74) is 13.8. The molecule has 4 atom stereocenters. The third kappa shape index (κ3) is 6.98. The van der Waals surface area contributed by atoms with Gasteiger partial charge in [-0.25, -0.2) is 0 Å². The second-order valence-corrected chi connectivity index (χ2v) is 20.1. The Balaban J connectivity index is 0.00000154. The van der Waals surface area contributed by atoms with E-state index in [9.17, 15) is 0 Å². The van der Waals surface area contributed by atoms with Gasteiger partial charge in [0.25, 0.3) is 0 Å². The predicted molar refractivity (Wildman–Crippen MR) is 258 cm³/mol. The molecule has 0 saturated carbocycles. The summed E-state index contributed by atoms with van der Waals surface area (Å²) in [6, 6.07) is 39.9. The molecule has 4 unspecified atom stereocenters. The molecule has 10 rings (SSSR count). The Bertz CT molecular complexity index is 2760. The summed E-state index contributed by atoms with van der Waals surface area (Å²) in [6.07, 6.45) is 18.5. The van der Waals surface area contributed by atoms with Crippen LogP contribution in [0.5, 0.6) is 11.5 Å². The number of aryl methyl sites for hydroxylation is 2. The summed E-state index contributed by atoms with van der Waals surface area (Å²) in [5.74, 6) is 2.59. The van der Waals surface area contributed by atoms with E-state index in [0.29, 0.717) is 0 Å². The van der Waals surface area contributed by atoms with Crippen molar-refractivity contribution < 1.29 is 30.3 Å². The van der Waals surface area contributed by atoms with Gasteiger partial charge in [-0.05, 0) is 44.5 Å². The van der Waals surface area contributed by atoms with Crippen molar-refractivity contribution in [2.24, 2.45) is 0 Å². The van der Waals surface area contributed by atoms with Gasteiger partial charge in [0.1, 0.15) is 11.5 Å². The van der Waals surface area contributed by atoms with E-state index < -0.39 is 20.8 Å². The van der Waals surface area contributed by atoms with Crippen LogP contribution in [0.2, 0.25) is 0 Å². The number of ether oxygens (including phenoxy) is 2.